The topological polar surface area (TPSA) is 35.5 Å². The van der Waals surface area contributed by atoms with Gasteiger partial charge in [0.05, 0.1) is 5.60 Å². The summed E-state index contributed by atoms with van der Waals surface area (Å²) >= 11 is 0. The SMILES string of the molecule is CCNC(C)C1(O)CCN(C)C(C)C1. The zero-order valence-electron chi connectivity index (χ0n) is 9.88. The van der Waals surface area contributed by atoms with Gasteiger partial charge in [-0.25, -0.2) is 0 Å². The minimum Gasteiger partial charge on any atom is -0.388 e. The average molecular weight is 200 g/mol. The maximum Gasteiger partial charge on any atom is 0.0824 e. The van der Waals surface area contributed by atoms with E-state index in [1.807, 2.05) is 0 Å². The number of hydrogen-bond acceptors (Lipinski definition) is 3. The van der Waals surface area contributed by atoms with E-state index in [9.17, 15) is 5.11 Å². The zero-order chi connectivity index (χ0) is 10.8. The summed E-state index contributed by atoms with van der Waals surface area (Å²) in [5.74, 6) is 0. The van der Waals surface area contributed by atoms with Crippen LogP contribution in [0.4, 0.5) is 0 Å². The van der Waals surface area contributed by atoms with E-state index in [1.54, 1.807) is 0 Å². The largest absolute Gasteiger partial charge is 0.388 e. The Morgan fingerprint density at radius 3 is 2.79 bits per heavy atom. The summed E-state index contributed by atoms with van der Waals surface area (Å²) in [6, 6.07) is 0.679. The molecule has 3 unspecified atom stereocenters. The van der Waals surface area contributed by atoms with E-state index < -0.39 is 5.60 Å². The molecule has 1 aliphatic heterocycles. The summed E-state index contributed by atoms with van der Waals surface area (Å²) in [7, 11) is 2.13. The Labute approximate surface area is 87.5 Å². The molecule has 2 N–H and O–H groups in total. The fourth-order valence-corrected chi connectivity index (χ4v) is 2.25. The number of rotatable bonds is 3. The predicted octanol–water partition coefficient (Wildman–Crippen LogP) is 0.830. The molecule has 3 atom stereocenters. The predicted molar refractivity (Wildman–Crippen MR) is 59.4 cm³/mol. The lowest BCUT2D eigenvalue weighted by Gasteiger charge is -2.44. The van der Waals surface area contributed by atoms with Gasteiger partial charge >= 0.3 is 0 Å². The first kappa shape index (κ1) is 12.0. The van der Waals surface area contributed by atoms with Gasteiger partial charge in [-0.05, 0) is 40.3 Å². The van der Waals surface area contributed by atoms with Crippen LogP contribution in [0.5, 0.6) is 0 Å². The smallest absolute Gasteiger partial charge is 0.0824 e. The van der Waals surface area contributed by atoms with E-state index >= 15 is 0 Å². The Morgan fingerprint density at radius 1 is 1.64 bits per heavy atom. The van der Waals surface area contributed by atoms with Gasteiger partial charge in [0, 0.05) is 18.6 Å². The van der Waals surface area contributed by atoms with Gasteiger partial charge < -0.3 is 15.3 Å². The van der Waals surface area contributed by atoms with Crippen LogP contribution in [-0.2, 0) is 0 Å². The average Bonchev–Trinajstić information content (AvgIpc) is 2.13. The first-order valence-electron chi connectivity index (χ1n) is 5.65. The zero-order valence-corrected chi connectivity index (χ0v) is 9.88. The van der Waals surface area contributed by atoms with Gasteiger partial charge in [0.2, 0.25) is 0 Å². The van der Waals surface area contributed by atoms with Crippen LogP contribution in [0.15, 0.2) is 0 Å². The molecule has 0 aromatic rings. The number of nitrogens with zero attached hydrogens (tertiary/aromatic N) is 1. The normalized spacial score (nSPS) is 37.1. The van der Waals surface area contributed by atoms with E-state index in [0.717, 1.165) is 25.9 Å². The molecular weight excluding hydrogens is 176 g/mol. The lowest BCUT2D eigenvalue weighted by molar-refractivity contribution is -0.0583. The van der Waals surface area contributed by atoms with Crippen LogP contribution < -0.4 is 5.32 Å². The molecular formula is C11H24N2O. The van der Waals surface area contributed by atoms with Gasteiger partial charge in [0.15, 0.2) is 0 Å². The van der Waals surface area contributed by atoms with Gasteiger partial charge in [-0.2, -0.15) is 0 Å². The molecule has 0 amide bonds. The molecule has 1 aliphatic rings. The van der Waals surface area contributed by atoms with E-state index in [2.05, 4.69) is 38.0 Å². The highest BCUT2D eigenvalue weighted by atomic mass is 16.3. The molecule has 1 fully saturated rings. The molecule has 14 heavy (non-hydrogen) atoms. The molecule has 84 valence electrons. The van der Waals surface area contributed by atoms with E-state index in [1.165, 1.54) is 0 Å². The summed E-state index contributed by atoms with van der Waals surface area (Å²) in [6.07, 6.45) is 1.75. The molecule has 3 heteroatoms. The summed E-state index contributed by atoms with van der Waals surface area (Å²) in [5, 5.41) is 13.8. The minimum atomic E-state index is -0.512. The second-order valence-electron chi connectivity index (χ2n) is 4.67. The fourth-order valence-electron chi connectivity index (χ4n) is 2.25. The fraction of sp³-hybridized carbons (Fsp3) is 1.00. The van der Waals surface area contributed by atoms with E-state index in [0.29, 0.717) is 6.04 Å². The Hall–Kier alpha value is -0.120. The maximum atomic E-state index is 10.5. The number of piperidine rings is 1. The van der Waals surface area contributed by atoms with Crippen molar-refractivity contribution in [2.45, 2.75) is 51.3 Å². The van der Waals surface area contributed by atoms with Gasteiger partial charge in [-0.3, -0.25) is 0 Å². The Kier molecular flexibility index (Phi) is 3.93. The van der Waals surface area contributed by atoms with Crippen molar-refractivity contribution in [3.63, 3.8) is 0 Å². The molecule has 1 heterocycles. The highest BCUT2D eigenvalue weighted by Crippen LogP contribution is 2.28. The number of likely N-dealkylation sites (N-methyl/N-ethyl adjacent to an activating group) is 1. The molecule has 0 bridgehead atoms. The van der Waals surface area contributed by atoms with Gasteiger partial charge in [-0.15, -0.1) is 0 Å². The lowest BCUT2D eigenvalue weighted by atomic mass is 9.82. The standard InChI is InChI=1S/C11H24N2O/c1-5-12-10(3)11(14)6-7-13(4)9(2)8-11/h9-10,12,14H,5-8H2,1-4H3. The summed E-state index contributed by atoms with van der Waals surface area (Å²) in [5.41, 5.74) is -0.512. The van der Waals surface area contributed by atoms with Crippen LogP contribution in [0.1, 0.15) is 33.6 Å². The monoisotopic (exact) mass is 200 g/mol. The van der Waals surface area contributed by atoms with Crippen molar-refractivity contribution in [3.8, 4) is 0 Å². The van der Waals surface area contributed by atoms with Crippen molar-refractivity contribution < 1.29 is 5.11 Å². The van der Waals surface area contributed by atoms with Crippen molar-refractivity contribution in [1.29, 1.82) is 0 Å². The minimum absolute atomic E-state index is 0.198. The second-order valence-corrected chi connectivity index (χ2v) is 4.67. The first-order valence-corrected chi connectivity index (χ1v) is 5.65. The molecule has 0 aromatic heterocycles. The quantitative estimate of drug-likeness (QED) is 0.708. The second kappa shape index (κ2) is 4.60. The van der Waals surface area contributed by atoms with Crippen LogP contribution in [-0.4, -0.2) is 47.8 Å². The van der Waals surface area contributed by atoms with E-state index in [4.69, 9.17) is 0 Å². The maximum absolute atomic E-state index is 10.5. The van der Waals surface area contributed by atoms with Crippen LogP contribution in [0.25, 0.3) is 0 Å². The lowest BCUT2D eigenvalue weighted by Crippen LogP contribution is -2.57. The highest BCUT2D eigenvalue weighted by Gasteiger charge is 2.39. The summed E-state index contributed by atoms with van der Waals surface area (Å²) in [4.78, 5) is 2.31. The highest BCUT2D eigenvalue weighted by molar-refractivity contribution is 4.95. The van der Waals surface area contributed by atoms with Crippen LogP contribution in [0.2, 0.25) is 0 Å². The van der Waals surface area contributed by atoms with Crippen LogP contribution in [0, 0.1) is 0 Å². The van der Waals surface area contributed by atoms with Crippen molar-refractivity contribution in [2.24, 2.45) is 0 Å². The van der Waals surface area contributed by atoms with Crippen molar-refractivity contribution in [1.82, 2.24) is 10.2 Å². The first-order chi connectivity index (χ1) is 6.49. The molecule has 1 saturated heterocycles. The van der Waals surface area contributed by atoms with Crippen molar-refractivity contribution in [3.05, 3.63) is 0 Å². The number of likely N-dealkylation sites (tertiary alicyclic amines) is 1. The summed E-state index contributed by atoms with van der Waals surface area (Å²) < 4.78 is 0. The third-order valence-electron chi connectivity index (χ3n) is 3.62. The molecule has 0 radical (unpaired) electrons. The molecule has 0 saturated carbocycles. The molecule has 0 spiro atoms. The van der Waals surface area contributed by atoms with Gasteiger partial charge in [-0.1, -0.05) is 6.92 Å². The molecule has 1 rings (SSSR count). The van der Waals surface area contributed by atoms with Gasteiger partial charge in [0.25, 0.3) is 0 Å². The molecule has 3 nitrogen and oxygen atoms in total. The number of aliphatic hydroxyl groups is 1. The third kappa shape index (κ3) is 2.47. The summed E-state index contributed by atoms with van der Waals surface area (Å²) in [6.45, 7) is 8.27. The third-order valence-corrected chi connectivity index (χ3v) is 3.62. The molecule has 0 aromatic carbocycles. The van der Waals surface area contributed by atoms with Crippen molar-refractivity contribution >= 4 is 0 Å². The Morgan fingerprint density at radius 2 is 2.29 bits per heavy atom. The number of nitrogens with one attached hydrogen (secondary N) is 1. The van der Waals surface area contributed by atoms with E-state index in [-0.39, 0.29) is 6.04 Å². The van der Waals surface area contributed by atoms with Crippen LogP contribution >= 0.6 is 0 Å². The Balaban J connectivity index is 2.57. The molecule has 0 aliphatic carbocycles. The van der Waals surface area contributed by atoms with Crippen molar-refractivity contribution in [2.75, 3.05) is 20.1 Å². The van der Waals surface area contributed by atoms with Crippen LogP contribution in [0.3, 0.4) is 0 Å². The number of hydrogen-bond donors (Lipinski definition) is 2. The Bertz CT molecular complexity index is 186. The van der Waals surface area contributed by atoms with Gasteiger partial charge in [0.1, 0.15) is 0 Å².